The van der Waals surface area contributed by atoms with Gasteiger partial charge in [-0.15, -0.1) is 10.2 Å². The van der Waals surface area contributed by atoms with Crippen LogP contribution < -0.4 is 0 Å². The third-order valence-corrected chi connectivity index (χ3v) is 4.86. The Bertz CT molecular complexity index is 980. The molecule has 1 amide bonds. The first-order valence-corrected chi connectivity index (χ1v) is 9.62. The van der Waals surface area contributed by atoms with Crippen molar-refractivity contribution in [3.05, 3.63) is 65.2 Å². The quantitative estimate of drug-likeness (QED) is 0.626. The minimum atomic E-state index is -0.0976. The Hall–Kier alpha value is -2.93. The number of nitrogens with zero attached hydrogens (tertiary/aromatic N) is 5. The van der Waals surface area contributed by atoms with E-state index in [2.05, 4.69) is 21.5 Å². The molecule has 0 unspecified atom stereocenters. The van der Waals surface area contributed by atoms with Gasteiger partial charge in [0.15, 0.2) is 0 Å². The summed E-state index contributed by atoms with van der Waals surface area (Å²) in [6.45, 7) is 0.402. The Kier molecular flexibility index (Phi) is 5.53. The molecule has 1 aliphatic rings. The fourth-order valence-electron chi connectivity index (χ4n) is 3.23. The summed E-state index contributed by atoms with van der Waals surface area (Å²) < 4.78 is 5.44. The van der Waals surface area contributed by atoms with E-state index in [1.807, 2.05) is 24.3 Å². The standard InChI is InChI=1S/C20H20ClN5O2/c21-16-7-4-6-15(12-16)20-22-24-26(23-20)14-19(27)25(13-18-10-5-11-28-18)17-8-2-1-3-9-17/h4-8,10-12H,1-3,9,13-14H2. The molecule has 0 aliphatic heterocycles. The highest BCUT2D eigenvalue weighted by molar-refractivity contribution is 6.30. The topological polar surface area (TPSA) is 77.1 Å². The maximum absolute atomic E-state index is 13.0. The monoisotopic (exact) mass is 397 g/mol. The zero-order chi connectivity index (χ0) is 19.3. The molecule has 2 heterocycles. The van der Waals surface area contributed by atoms with Crippen LogP contribution in [0.5, 0.6) is 0 Å². The molecule has 1 aromatic carbocycles. The Morgan fingerprint density at radius 1 is 1.25 bits per heavy atom. The van der Waals surface area contributed by atoms with Gasteiger partial charge >= 0.3 is 0 Å². The molecule has 7 nitrogen and oxygen atoms in total. The third kappa shape index (κ3) is 4.31. The van der Waals surface area contributed by atoms with E-state index < -0.39 is 0 Å². The molecule has 0 radical (unpaired) electrons. The van der Waals surface area contributed by atoms with Gasteiger partial charge in [0.25, 0.3) is 5.91 Å². The average Bonchev–Trinajstić information content (AvgIpc) is 3.39. The van der Waals surface area contributed by atoms with Crippen LogP contribution in [-0.2, 0) is 17.9 Å². The maximum Gasteiger partial charge on any atom is 0.250 e. The summed E-state index contributed by atoms with van der Waals surface area (Å²) in [6.07, 6.45) is 7.84. The van der Waals surface area contributed by atoms with Crippen molar-refractivity contribution in [2.24, 2.45) is 0 Å². The largest absolute Gasteiger partial charge is 0.467 e. The van der Waals surface area contributed by atoms with Gasteiger partial charge in [0.05, 0.1) is 12.8 Å². The Morgan fingerprint density at radius 3 is 2.93 bits per heavy atom. The molecular formula is C20H20ClN5O2. The first-order chi connectivity index (χ1) is 13.7. The second-order valence-corrected chi connectivity index (χ2v) is 7.09. The zero-order valence-electron chi connectivity index (χ0n) is 15.3. The predicted octanol–water partition coefficient (Wildman–Crippen LogP) is 4.07. The van der Waals surface area contributed by atoms with E-state index in [0.717, 1.165) is 42.7 Å². The van der Waals surface area contributed by atoms with Crippen LogP contribution in [0.15, 0.2) is 58.9 Å². The first-order valence-electron chi connectivity index (χ1n) is 9.24. The minimum absolute atomic E-state index is 0.00557. The number of furan rings is 1. The number of carbonyl (C=O) groups is 1. The van der Waals surface area contributed by atoms with Gasteiger partial charge in [0.1, 0.15) is 12.3 Å². The summed E-state index contributed by atoms with van der Waals surface area (Å²) in [7, 11) is 0. The van der Waals surface area contributed by atoms with Crippen LogP contribution in [-0.4, -0.2) is 31.0 Å². The molecule has 3 aromatic rings. The zero-order valence-corrected chi connectivity index (χ0v) is 16.0. The number of rotatable bonds is 6. The van der Waals surface area contributed by atoms with Gasteiger partial charge in [-0.3, -0.25) is 4.79 Å². The Balaban J connectivity index is 1.52. The van der Waals surface area contributed by atoms with Crippen LogP contribution in [0.3, 0.4) is 0 Å². The predicted molar refractivity (Wildman–Crippen MR) is 104 cm³/mol. The summed E-state index contributed by atoms with van der Waals surface area (Å²) in [5.41, 5.74) is 1.79. The van der Waals surface area contributed by atoms with E-state index in [1.54, 1.807) is 23.3 Å². The number of hydrogen-bond acceptors (Lipinski definition) is 5. The smallest absolute Gasteiger partial charge is 0.250 e. The van der Waals surface area contributed by atoms with E-state index >= 15 is 0 Å². The molecule has 0 spiro atoms. The Labute approximate surface area is 167 Å². The number of benzene rings is 1. The maximum atomic E-state index is 13.0. The van der Waals surface area contributed by atoms with E-state index in [-0.39, 0.29) is 12.5 Å². The lowest BCUT2D eigenvalue weighted by atomic mass is 10.0. The van der Waals surface area contributed by atoms with Crippen LogP contribution in [0.25, 0.3) is 11.4 Å². The van der Waals surface area contributed by atoms with Crippen molar-refractivity contribution in [1.82, 2.24) is 25.1 Å². The number of amides is 1. The van der Waals surface area contributed by atoms with Crippen molar-refractivity contribution in [2.75, 3.05) is 0 Å². The molecular weight excluding hydrogens is 378 g/mol. The van der Waals surface area contributed by atoms with Crippen molar-refractivity contribution in [2.45, 2.75) is 38.8 Å². The van der Waals surface area contributed by atoms with Crippen molar-refractivity contribution < 1.29 is 9.21 Å². The van der Waals surface area contributed by atoms with Gasteiger partial charge in [0.2, 0.25) is 5.82 Å². The number of aromatic nitrogens is 4. The van der Waals surface area contributed by atoms with Crippen LogP contribution >= 0.6 is 11.6 Å². The van der Waals surface area contributed by atoms with E-state index in [9.17, 15) is 4.79 Å². The van der Waals surface area contributed by atoms with Crippen LogP contribution in [0.1, 0.15) is 31.4 Å². The summed E-state index contributed by atoms with van der Waals surface area (Å²) in [6, 6.07) is 10.9. The van der Waals surface area contributed by atoms with Crippen molar-refractivity contribution in [3.63, 3.8) is 0 Å². The van der Waals surface area contributed by atoms with Gasteiger partial charge in [-0.05, 0) is 55.2 Å². The van der Waals surface area contributed by atoms with Crippen molar-refractivity contribution >= 4 is 17.5 Å². The van der Waals surface area contributed by atoms with Crippen LogP contribution in [0.4, 0.5) is 0 Å². The van der Waals surface area contributed by atoms with E-state index in [1.165, 1.54) is 4.80 Å². The molecule has 8 heteroatoms. The molecule has 0 bridgehead atoms. The van der Waals surface area contributed by atoms with Gasteiger partial charge in [-0.25, -0.2) is 0 Å². The highest BCUT2D eigenvalue weighted by atomic mass is 35.5. The molecule has 144 valence electrons. The summed E-state index contributed by atoms with van der Waals surface area (Å²) in [5.74, 6) is 1.08. The Morgan fingerprint density at radius 2 is 2.18 bits per heavy atom. The lowest BCUT2D eigenvalue weighted by molar-refractivity contribution is -0.131. The molecule has 1 aliphatic carbocycles. The van der Waals surface area contributed by atoms with Crippen LogP contribution in [0.2, 0.25) is 5.02 Å². The third-order valence-electron chi connectivity index (χ3n) is 4.62. The fourth-order valence-corrected chi connectivity index (χ4v) is 3.42. The molecule has 0 saturated heterocycles. The lowest BCUT2D eigenvalue weighted by Gasteiger charge is -2.26. The highest BCUT2D eigenvalue weighted by Gasteiger charge is 2.22. The lowest BCUT2D eigenvalue weighted by Crippen LogP contribution is -2.34. The van der Waals surface area contributed by atoms with Gasteiger partial charge < -0.3 is 9.32 Å². The second kappa shape index (κ2) is 8.39. The second-order valence-electron chi connectivity index (χ2n) is 6.65. The van der Waals surface area contributed by atoms with E-state index in [4.69, 9.17) is 16.0 Å². The number of allylic oxidation sites excluding steroid dienone is 2. The van der Waals surface area contributed by atoms with E-state index in [0.29, 0.717) is 17.4 Å². The summed E-state index contributed by atoms with van der Waals surface area (Å²) in [4.78, 5) is 16.1. The van der Waals surface area contributed by atoms with Gasteiger partial charge in [-0.1, -0.05) is 29.8 Å². The summed E-state index contributed by atoms with van der Waals surface area (Å²) in [5, 5.41) is 13.0. The fraction of sp³-hybridized carbons (Fsp3) is 0.300. The average molecular weight is 398 g/mol. The highest BCUT2D eigenvalue weighted by Crippen LogP contribution is 2.24. The molecule has 0 N–H and O–H groups in total. The number of tetrazole rings is 1. The van der Waals surface area contributed by atoms with Crippen LogP contribution in [0, 0.1) is 0 Å². The molecule has 0 atom stereocenters. The van der Waals surface area contributed by atoms with Crippen molar-refractivity contribution in [3.8, 4) is 11.4 Å². The molecule has 2 aromatic heterocycles. The molecule has 4 rings (SSSR count). The van der Waals surface area contributed by atoms with Gasteiger partial charge in [0, 0.05) is 16.3 Å². The SMILES string of the molecule is O=C(Cn1nnc(-c2cccc(Cl)c2)n1)N(Cc1ccco1)C1=CCCCC1. The number of halogens is 1. The minimum Gasteiger partial charge on any atom is -0.467 e. The molecule has 28 heavy (non-hydrogen) atoms. The molecule has 0 fully saturated rings. The summed E-state index contributed by atoms with van der Waals surface area (Å²) >= 11 is 6.02. The number of hydrogen-bond donors (Lipinski definition) is 0. The number of carbonyl (C=O) groups excluding carboxylic acids is 1. The molecule has 0 saturated carbocycles. The van der Waals surface area contributed by atoms with Gasteiger partial charge in [-0.2, -0.15) is 4.80 Å². The normalized spacial score (nSPS) is 14.0. The van der Waals surface area contributed by atoms with Crippen molar-refractivity contribution in [1.29, 1.82) is 0 Å². The first kappa shape index (κ1) is 18.4.